The fraction of sp³-hybridized carbons (Fsp3) is 0.455. The van der Waals surface area contributed by atoms with Crippen LogP contribution in [-0.2, 0) is 6.54 Å². The summed E-state index contributed by atoms with van der Waals surface area (Å²) < 4.78 is 26.5. The highest BCUT2D eigenvalue weighted by Crippen LogP contribution is 2.39. The fourth-order valence-corrected chi connectivity index (χ4v) is 4.69. The summed E-state index contributed by atoms with van der Waals surface area (Å²) in [7, 11) is 0. The molecule has 2 aliphatic heterocycles. The Morgan fingerprint density at radius 2 is 1.93 bits per heavy atom. The van der Waals surface area contributed by atoms with Crippen LogP contribution in [-0.4, -0.2) is 47.0 Å². The Hall–Kier alpha value is -2.54. The smallest absolute Gasteiger partial charge is 0.321 e. The van der Waals surface area contributed by atoms with Gasteiger partial charge in [0, 0.05) is 55.7 Å². The zero-order chi connectivity index (χ0) is 20.3. The van der Waals surface area contributed by atoms with Crippen LogP contribution in [0.1, 0.15) is 31.2 Å². The first kappa shape index (κ1) is 19.8. The van der Waals surface area contributed by atoms with E-state index in [9.17, 15) is 13.6 Å². The number of piperidine rings is 2. The lowest BCUT2D eigenvalue weighted by Crippen LogP contribution is -2.54. The highest BCUT2D eigenvalue weighted by atomic mass is 19.2. The summed E-state index contributed by atoms with van der Waals surface area (Å²) >= 11 is 0. The molecule has 2 amide bonds. The van der Waals surface area contributed by atoms with Crippen molar-refractivity contribution in [3.8, 4) is 0 Å². The van der Waals surface area contributed by atoms with Gasteiger partial charge in [-0.2, -0.15) is 0 Å². The Balaban J connectivity index is 1.40. The zero-order valence-corrected chi connectivity index (χ0v) is 16.4. The number of rotatable bonds is 3. The van der Waals surface area contributed by atoms with Crippen molar-refractivity contribution in [2.75, 3.05) is 31.5 Å². The number of amides is 2. The van der Waals surface area contributed by atoms with Crippen molar-refractivity contribution in [1.82, 2.24) is 14.8 Å². The van der Waals surface area contributed by atoms with Gasteiger partial charge in [0.15, 0.2) is 11.6 Å². The fourth-order valence-electron chi connectivity index (χ4n) is 4.69. The molecule has 0 saturated carbocycles. The number of hydrogen-bond donors (Lipinski definition) is 1. The van der Waals surface area contributed by atoms with E-state index < -0.39 is 11.6 Å². The van der Waals surface area contributed by atoms with Gasteiger partial charge in [-0.1, -0.05) is 6.07 Å². The molecule has 1 spiro atoms. The first-order chi connectivity index (χ1) is 14.0. The first-order valence-electron chi connectivity index (χ1n) is 10.2. The quantitative estimate of drug-likeness (QED) is 0.837. The van der Waals surface area contributed by atoms with Gasteiger partial charge >= 0.3 is 6.03 Å². The van der Waals surface area contributed by atoms with Gasteiger partial charge in [-0.15, -0.1) is 0 Å². The number of urea groups is 1. The van der Waals surface area contributed by atoms with Crippen molar-refractivity contribution in [2.24, 2.45) is 5.41 Å². The zero-order valence-electron chi connectivity index (χ0n) is 16.4. The van der Waals surface area contributed by atoms with Crippen LogP contribution in [0.5, 0.6) is 0 Å². The Bertz CT molecular complexity index is 859. The van der Waals surface area contributed by atoms with E-state index in [1.807, 2.05) is 17.2 Å². The van der Waals surface area contributed by atoms with Crippen LogP contribution in [0.2, 0.25) is 0 Å². The Labute approximate surface area is 169 Å². The molecule has 1 unspecified atom stereocenters. The number of nitrogens with one attached hydrogen (secondary N) is 1. The standard InChI is InChI=1S/C22H26F2N4O/c23-19-6-5-18(12-20(19)24)26-21(29)28-11-3-8-22(16-28)7-2-10-27(15-22)14-17-4-1-9-25-13-17/h1,4-6,9,12-13H,2-3,7-8,10-11,14-16H2,(H,26,29). The van der Waals surface area contributed by atoms with E-state index in [4.69, 9.17) is 0 Å². The topological polar surface area (TPSA) is 48.5 Å². The Morgan fingerprint density at radius 1 is 1.10 bits per heavy atom. The average Bonchev–Trinajstić information content (AvgIpc) is 2.72. The third-order valence-electron chi connectivity index (χ3n) is 5.99. The van der Waals surface area contributed by atoms with Crippen molar-refractivity contribution in [1.29, 1.82) is 0 Å². The molecule has 1 N–H and O–H groups in total. The molecule has 5 nitrogen and oxygen atoms in total. The molecule has 2 saturated heterocycles. The van der Waals surface area contributed by atoms with Gasteiger partial charge in [0.1, 0.15) is 0 Å². The van der Waals surface area contributed by atoms with E-state index >= 15 is 0 Å². The maximum atomic E-state index is 13.4. The van der Waals surface area contributed by atoms with Crippen molar-refractivity contribution < 1.29 is 13.6 Å². The number of halogens is 2. The van der Waals surface area contributed by atoms with Crippen molar-refractivity contribution in [3.05, 3.63) is 59.9 Å². The Kier molecular flexibility index (Phi) is 5.76. The lowest BCUT2D eigenvalue weighted by atomic mass is 9.73. The third-order valence-corrected chi connectivity index (χ3v) is 5.99. The molecule has 154 valence electrons. The highest BCUT2D eigenvalue weighted by Gasteiger charge is 2.40. The molecule has 0 bridgehead atoms. The van der Waals surface area contributed by atoms with Crippen LogP contribution in [0.4, 0.5) is 19.3 Å². The molecule has 2 aromatic rings. The molecule has 1 atom stereocenters. The number of hydrogen-bond acceptors (Lipinski definition) is 3. The van der Waals surface area contributed by atoms with Gasteiger partial charge in [0.2, 0.25) is 0 Å². The number of pyridine rings is 1. The van der Waals surface area contributed by atoms with E-state index in [0.29, 0.717) is 13.1 Å². The van der Waals surface area contributed by atoms with E-state index in [0.717, 1.165) is 57.5 Å². The molecule has 3 heterocycles. The summed E-state index contributed by atoms with van der Waals surface area (Å²) in [6.45, 7) is 4.25. The predicted molar refractivity (Wildman–Crippen MR) is 107 cm³/mol. The number of carbonyl (C=O) groups is 1. The van der Waals surface area contributed by atoms with Crippen LogP contribution in [0.25, 0.3) is 0 Å². The summed E-state index contributed by atoms with van der Waals surface area (Å²) in [6.07, 6.45) is 7.96. The van der Waals surface area contributed by atoms with Gasteiger partial charge < -0.3 is 10.2 Å². The molecule has 1 aromatic carbocycles. The van der Waals surface area contributed by atoms with E-state index in [1.165, 1.54) is 11.6 Å². The number of likely N-dealkylation sites (tertiary alicyclic amines) is 2. The molecule has 2 fully saturated rings. The van der Waals surface area contributed by atoms with Crippen LogP contribution in [0.3, 0.4) is 0 Å². The SMILES string of the molecule is O=C(Nc1ccc(F)c(F)c1)N1CCCC2(CCCN(Cc3cccnc3)C2)C1. The second-order valence-electron chi connectivity index (χ2n) is 8.26. The van der Waals surface area contributed by atoms with Crippen LogP contribution < -0.4 is 5.32 Å². The van der Waals surface area contributed by atoms with E-state index in [-0.39, 0.29) is 17.1 Å². The molecule has 29 heavy (non-hydrogen) atoms. The summed E-state index contributed by atoms with van der Waals surface area (Å²) in [5.74, 6) is -1.88. The summed E-state index contributed by atoms with van der Waals surface area (Å²) in [5, 5.41) is 2.71. The molecule has 0 aliphatic carbocycles. The Morgan fingerprint density at radius 3 is 2.69 bits per heavy atom. The molecular weight excluding hydrogens is 374 g/mol. The molecule has 1 aromatic heterocycles. The summed E-state index contributed by atoms with van der Waals surface area (Å²) in [5.41, 5.74) is 1.56. The number of carbonyl (C=O) groups excluding carboxylic acids is 1. The summed E-state index contributed by atoms with van der Waals surface area (Å²) in [4.78, 5) is 21.2. The first-order valence-corrected chi connectivity index (χ1v) is 10.2. The van der Waals surface area contributed by atoms with Gasteiger partial charge in [0.25, 0.3) is 0 Å². The maximum Gasteiger partial charge on any atom is 0.321 e. The monoisotopic (exact) mass is 400 g/mol. The summed E-state index contributed by atoms with van der Waals surface area (Å²) in [6, 6.07) is 7.23. The predicted octanol–water partition coefficient (Wildman–Crippen LogP) is 4.27. The average molecular weight is 400 g/mol. The molecule has 2 aliphatic rings. The minimum Gasteiger partial charge on any atom is -0.324 e. The second kappa shape index (κ2) is 8.45. The minimum atomic E-state index is -0.962. The largest absolute Gasteiger partial charge is 0.324 e. The van der Waals surface area contributed by atoms with Crippen LogP contribution in [0, 0.1) is 17.0 Å². The number of aromatic nitrogens is 1. The van der Waals surface area contributed by atoms with Gasteiger partial charge in [-0.05, 0) is 56.0 Å². The minimum absolute atomic E-state index is 0.0874. The lowest BCUT2D eigenvalue weighted by molar-refractivity contribution is 0.0255. The van der Waals surface area contributed by atoms with Gasteiger partial charge in [-0.3, -0.25) is 9.88 Å². The van der Waals surface area contributed by atoms with E-state index in [2.05, 4.69) is 21.3 Å². The molecule has 7 heteroatoms. The third kappa shape index (κ3) is 4.72. The molecule has 4 rings (SSSR count). The number of anilines is 1. The normalized spacial score (nSPS) is 22.6. The second-order valence-corrected chi connectivity index (χ2v) is 8.26. The van der Waals surface area contributed by atoms with Crippen molar-refractivity contribution in [2.45, 2.75) is 32.2 Å². The van der Waals surface area contributed by atoms with Crippen LogP contribution >= 0.6 is 0 Å². The van der Waals surface area contributed by atoms with Crippen LogP contribution in [0.15, 0.2) is 42.7 Å². The van der Waals surface area contributed by atoms with Gasteiger partial charge in [-0.25, -0.2) is 13.6 Å². The van der Waals surface area contributed by atoms with Crippen molar-refractivity contribution >= 4 is 11.7 Å². The van der Waals surface area contributed by atoms with E-state index in [1.54, 1.807) is 6.20 Å². The maximum absolute atomic E-state index is 13.4. The molecular formula is C22H26F2N4O. The lowest BCUT2D eigenvalue weighted by Gasteiger charge is -2.48. The number of benzene rings is 1. The molecule has 0 radical (unpaired) electrons. The van der Waals surface area contributed by atoms with Crippen molar-refractivity contribution in [3.63, 3.8) is 0 Å². The number of nitrogens with zero attached hydrogens (tertiary/aromatic N) is 3. The van der Waals surface area contributed by atoms with Gasteiger partial charge in [0.05, 0.1) is 0 Å². The highest BCUT2D eigenvalue weighted by molar-refractivity contribution is 5.89.